The van der Waals surface area contributed by atoms with Crippen molar-refractivity contribution in [1.29, 1.82) is 0 Å². The van der Waals surface area contributed by atoms with E-state index in [-0.39, 0.29) is 12.1 Å². The van der Waals surface area contributed by atoms with Gasteiger partial charge in [-0.1, -0.05) is 0 Å². The topological polar surface area (TPSA) is 114 Å². The van der Waals surface area contributed by atoms with Crippen LogP contribution in [0.25, 0.3) is 11.0 Å². The van der Waals surface area contributed by atoms with Crippen molar-refractivity contribution in [2.45, 2.75) is 13.8 Å². The molecule has 2 rings (SSSR count). The Morgan fingerprint density at radius 3 is 2.67 bits per heavy atom. The monoisotopic (exact) mass is 291 g/mol. The molecule has 21 heavy (non-hydrogen) atoms. The Morgan fingerprint density at radius 2 is 2.14 bits per heavy atom. The van der Waals surface area contributed by atoms with E-state index in [1.165, 1.54) is 6.20 Å². The molecule has 0 saturated heterocycles. The van der Waals surface area contributed by atoms with E-state index in [2.05, 4.69) is 10.1 Å². The van der Waals surface area contributed by atoms with E-state index >= 15 is 0 Å². The molecular weight excluding hydrogens is 274 g/mol. The fourth-order valence-corrected chi connectivity index (χ4v) is 2.41. The number of hydrogen-bond donors (Lipinski definition) is 2. The van der Waals surface area contributed by atoms with Gasteiger partial charge in [0.05, 0.1) is 23.3 Å². The smallest absolute Gasteiger partial charge is 0.339 e. The molecule has 2 aromatic rings. The molecule has 0 unspecified atom stereocenters. The summed E-state index contributed by atoms with van der Waals surface area (Å²) < 4.78 is 1.58. The summed E-state index contributed by atoms with van der Waals surface area (Å²) in [5.41, 5.74) is 6.93. The number of fused-ring (bicyclic) bond motifs is 1. The summed E-state index contributed by atoms with van der Waals surface area (Å²) in [6.45, 7) is 3.98. The maximum absolute atomic E-state index is 11.5. The normalized spacial score (nSPS) is 10.8. The third-order valence-corrected chi connectivity index (χ3v) is 3.27. The van der Waals surface area contributed by atoms with Crippen molar-refractivity contribution in [3.05, 3.63) is 17.5 Å². The van der Waals surface area contributed by atoms with Crippen LogP contribution < -0.4 is 10.6 Å². The van der Waals surface area contributed by atoms with E-state index < -0.39 is 11.9 Å². The largest absolute Gasteiger partial charge is 0.478 e. The minimum absolute atomic E-state index is 0.0294. The second-order valence-corrected chi connectivity index (χ2v) is 4.71. The molecule has 1 amide bonds. The van der Waals surface area contributed by atoms with Crippen molar-refractivity contribution in [2.75, 3.05) is 18.0 Å². The molecule has 0 fully saturated rings. The lowest BCUT2D eigenvalue weighted by molar-refractivity contribution is -0.116. The lowest BCUT2D eigenvalue weighted by Gasteiger charge is -2.24. The third-order valence-electron chi connectivity index (χ3n) is 3.27. The van der Waals surface area contributed by atoms with Crippen LogP contribution in [0.5, 0.6) is 0 Å². The zero-order valence-corrected chi connectivity index (χ0v) is 12.1. The molecule has 112 valence electrons. The number of aryl methyl sites for hydroxylation is 2. The second kappa shape index (κ2) is 5.39. The van der Waals surface area contributed by atoms with Gasteiger partial charge in [0, 0.05) is 19.8 Å². The number of likely N-dealkylation sites (N-methyl/N-ethyl adjacent to an activating group) is 1. The molecular formula is C13H17N5O3. The summed E-state index contributed by atoms with van der Waals surface area (Å²) in [6, 6.07) is 0. The number of carboxylic acids is 1. The van der Waals surface area contributed by atoms with Gasteiger partial charge in [-0.3, -0.25) is 9.48 Å². The van der Waals surface area contributed by atoms with Crippen LogP contribution in [-0.4, -0.2) is 44.8 Å². The summed E-state index contributed by atoms with van der Waals surface area (Å²) in [5.74, 6) is -1.63. The second-order valence-electron chi connectivity index (χ2n) is 4.71. The van der Waals surface area contributed by atoms with E-state index in [1.54, 1.807) is 23.6 Å². The number of amides is 1. The fraction of sp³-hybridized carbons (Fsp3) is 0.385. The summed E-state index contributed by atoms with van der Waals surface area (Å²) in [6.07, 6.45) is 1.28. The van der Waals surface area contributed by atoms with E-state index in [0.29, 0.717) is 29.0 Å². The van der Waals surface area contributed by atoms with Crippen molar-refractivity contribution in [1.82, 2.24) is 14.8 Å². The number of nitrogens with two attached hydrogens (primary N) is 1. The molecule has 0 aromatic carbocycles. The van der Waals surface area contributed by atoms with Crippen LogP contribution in [0.2, 0.25) is 0 Å². The molecule has 0 aliphatic heterocycles. The van der Waals surface area contributed by atoms with Crippen molar-refractivity contribution < 1.29 is 14.7 Å². The molecule has 0 saturated carbocycles. The number of carbonyl (C=O) groups excluding carboxylic acids is 1. The first-order chi connectivity index (χ1) is 9.86. The average molecular weight is 291 g/mol. The zero-order valence-electron chi connectivity index (χ0n) is 12.1. The molecule has 0 aliphatic carbocycles. The van der Waals surface area contributed by atoms with Crippen LogP contribution in [-0.2, 0) is 11.8 Å². The van der Waals surface area contributed by atoms with Gasteiger partial charge in [0.15, 0.2) is 5.65 Å². The maximum atomic E-state index is 11.5. The summed E-state index contributed by atoms with van der Waals surface area (Å²) in [7, 11) is 1.73. The highest BCUT2D eigenvalue weighted by atomic mass is 16.4. The molecule has 0 atom stereocenters. The molecule has 0 bridgehead atoms. The van der Waals surface area contributed by atoms with Crippen LogP contribution in [0.15, 0.2) is 6.20 Å². The third kappa shape index (κ3) is 2.51. The predicted molar refractivity (Wildman–Crippen MR) is 77.3 cm³/mol. The Hall–Kier alpha value is -2.64. The highest BCUT2D eigenvalue weighted by Gasteiger charge is 2.23. The molecule has 8 nitrogen and oxygen atoms in total. The van der Waals surface area contributed by atoms with E-state index in [0.717, 1.165) is 0 Å². The number of aromatic carboxylic acids is 1. The van der Waals surface area contributed by atoms with Gasteiger partial charge in [-0.2, -0.15) is 5.10 Å². The van der Waals surface area contributed by atoms with Gasteiger partial charge in [0.2, 0.25) is 5.91 Å². The molecule has 0 spiro atoms. The van der Waals surface area contributed by atoms with Crippen LogP contribution in [0.1, 0.15) is 23.0 Å². The number of carboxylic acid groups (broad SMARTS) is 1. The average Bonchev–Trinajstić information content (AvgIpc) is 2.70. The predicted octanol–water partition coefficient (Wildman–Crippen LogP) is 0.287. The first-order valence-electron chi connectivity index (χ1n) is 6.45. The molecule has 3 N–H and O–H groups in total. The summed E-state index contributed by atoms with van der Waals surface area (Å²) >= 11 is 0. The van der Waals surface area contributed by atoms with Gasteiger partial charge in [-0.15, -0.1) is 0 Å². The first kappa shape index (κ1) is 14.8. The van der Waals surface area contributed by atoms with E-state index in [1.807, 2.05) is 6.92 Å². The quantitative estimate of drug-likeness (QED) is 0.818. The molecule has 2 heterocycles. The Bertz CT molecular complexity index is 722. The Labute approximate surface area is 121 Å². The Balaban J connectivity index is 2.80. The van der Waals surface area contributed by atoms with Gasteiger partial charge in [-0.05, 0) is 13.8 Å². The van der Waals surface area contributed by atoms with Crippen LogP contribution >= 0.6 is 0 Å². The van der Waals surface area contributed by atoms with E-state index in [9.17, 15) is 14.7 Å². The van der Waals surface area contributed by atoms with Gasteiger partial charge >= 0.3 is 5.97 Å². The van der Waals surface area contributed by atoms with Gasteiger partial charge < -0.3 is 15.7 Å². The Kier molecular flexibility index (Phi) is 3.79. The highest BCUT2D eigenvalue weighted by Crippen LogP contribution is 2.31. The van der Waals surface area contributed by atoms with Crippen molar-refractivity contribution >= 4 is 28.6 Å². The number of hydrogen-bond acceptors (Lipinski definition) is 5. The van der Waals surface area contributed by atoms with Crippen molar-refractivity contribution in [3.8, 4) is 0 Å². The molecule has 0 radical (unpaired) electrons. The number of primary amides is 1. The zero-order chi connectivity index (χ0) is 15.7. The number of aromatic nitrogens is 3. The molecule has 0 aliphatic rings. The van der Waals surface area contributed by atoms with Crippen LogP contribution in [0.3, 0.4) is 0 Å². The lowest BCUT2D eigenvalue weighted by atomic mass is 10.1. The highest BCUT2D eigenvalue weighted by molar-refractivity contribution is 6.05. The maximum Gasteiger partial charge on any atom is 0.339 e. The van der Waals surface area contributed by atoms with Gasteiger partial charge in [-0.25, -0.2) is 9.78 Å². The molecule has 8 heteroatoms. The lowest BCUT2D eigenvalue weighted by Crippen LogP contribution is -2.34. The fourth-order valence-electron chi connectivity index (χ4n) is 2.41. The standard InChI is InChI=1S/C13H17N5O3/c1-4-18(6-9(14)19)11-8(13(20)21)5-15-12-10(11)7(2)16-17(12)3/h5H,4,6H2,1-3H3,(H2,14,19)(H,20,21). The van der Waals surface area contributed by atoms with Crippen LogP contribution in [0, 0.1) is 6.92 Å². The van der Waals surface area contributed by atoms with E-state index in [4.69, 9.17) is 5.73 Å². The molecule has 2 aromatic heterocycles. The van der Waals surface area contributed by atoms with Crippen molar-refractivity contribution in [3.63, 3.8) is 0 Å². The number of anilines is 1. The first-order valence-corrected chi connectivity index (χ1v) is 6.45. The summed E-state index contributed by atoms with van der Waals surface area (Å²) in [4.78, 5) is 28.5. The minimum Gasteiger partial charge on any atom is -0.478 e. The Morgan fingerprint density at radius 1 is 1.48 bits per heavy atom. The summed E-state index contributed by atoms with van der Waals surface area (Å²) in [5, 5.41) is 14.3. The number of nitrogens with zero attached hydrogens (tertiary/aromatic N) is 4. The van der Waals surface area contributed by atoms with Crippen molar-refractivity contribution in [2.24, 2.45) is 12.8 Å². The number of pyridine rings is 1. The van der Waals surface area contributed by atoms with Gasteiger partial charge in [0.25, 0.3) is 0 Å². The number of rotatable bonds is 5. The van der Waals surface area contributed by atoms with Crippen LogP contribution in [0.4, 0.5) is 5.69 Å². The SMILES string of the molecule is CCN(CC(N)=O)c1c(C(=O)O)cnc2c1c(C)nn2C. The number of carbonyl (C=O) groups is 2. The minimum atomic E-state index is -1.11. The van der Waals surface area contributed by atoms with Gasteiger partial charge in [0.1, 0.15) is 5.56 Å².